The van der Waals surface area contributed by atoms with E-state index in [4.69, 9.17) is 0 Å². The fraction of sp³-hybridized carbons (Fsp3) is 0.438. The number of aromatic amines is 1. The molecule has 0 spiro atoms. The molecule has 122 valence electrons. The van der Waals surface area contributed by atoms with Crippen molar-refractivity contribution in [1.82, 2.24) is 25.4 Å². The third kappa shape index (κ3) is 2.84. The number of halogens is 1. The maximum atomic E-state index is 13.0. The van der Waals surface area contributed by atoms with Gasteiger partial charge >= 0.3 is 0 Å². The van der Waals surface area contributed by atoms with Gasteiger partial charge in [-0.05, 0) is 30.5 Å². The molecule has 7 heteroatoms. The molecule has 0 radical (unpaired) electrons. The van der Waals surface area contributed by atoms with Gasteiger partial charge in [0, 0.05) is 49.7 Å². The summed E-state index contributed by atoms with van der Waals surface area (Å²) in [5.41, 5.74) is 3.88. The summed E-state index contributed by atoms with van der Waals surface area (Å²) in [7, 11) is 0. The number of pyridine rings is 1. The van der Waals surface area contributed by atoms with E-state index in [2.05, 4.69) is 20.5 Å². The Labute approximate surface area is 141 Å². The number of hydrogen-bond acceptors (Lipinski definition) is 4. The fourth-order valence-corrected chi connectivity index (χ4v) is 3.48. The zero-order valence-electron chi connectivity index (χ0n) is 12.8. The van der Waals surface area contributed by atoms with Crippen LogP contribution in [0.2, 0.25) is 0 Å². The van der Waals surface area contributed by atoms with Crippen molar-refractivity contribution in [2.75, 3.05) is 13.1 Å². The molecule has 1 fully saturated rings. The molecular formula is C16H20ClN5O. The number of aromatic nitrogens is 3. The Kier molecular flexibility index (Phi) is 4.63. The Morgan fingerprint density at radius 1 is 1.30 bits per heavy atom. The van der Waals surface area contributed by atoms with Crippen LogP contribution in [-0.2, 0) is 13.0 Å². The second-order valence-electron chi connectivity index (χ2n) is 5.89. The molecule has 1 unspecified atom stereocenters. The van der Waals surface area contributed by atoms with Crippen LogP contribution in [0.3, 0.4) is 0 Å². The average molecular weight is 334 g/mol. The fourth-order valence-electron chi connectivity index (χ4n) is 3.48. The molecule has 1 atom stereocenters. The van der Waals surface area contributed by atoms with Crippen molar-refractivity contribution in [2.24, 2.45) is 0 Å². The zero-order chi connectivity index (χ0) is 14.9. The molecule has 0 aromatic carbocycles. The molecule has 2 aromatic heterocycles. The summed E-state index contributed by atoms with van der Waals surface area (Å²) in [5, 5.41) is 10.7. The monoisotopic (exact) mass is 333 g/mol. The van der Waals surface area contributed by atoms with Crippen molar-refractivity contribution >= 4 is 18.3 Å². The Morgan fingerprint density at radius 3 is 2.96 bits per heavy atom. The highest BCUT2D eigenvalue weighted by molar-refractivity contribution is 5.94. The van der Waals surface area contributed by atoms with Crippen molar-refractivity contribution in [3.63, 3.8) is 0 Å². The van der Waals surface area contributed by atoms with E-state index in [9.17, 15) is 4.79 Å². The molecule has 6 nitrogen and oxygen atoms in total. The first kappa shape index (κ1) is 16.0. The van der Waals surface area contributed by atoms with Crippen LogP contribution in [0.5, 0.6) is 0 Å². The summed E-state index contributed by atoms with van der Waals surface area (Å²) in [4.78, 5) is 19.0. The predicted octanol–water partition coefficient (Wildman–Crippen LogP) is 1.85. The van der Waals surface area contributed by atoms with E-state index in [1.165, 1.54) is 0 Å². The van der Waals surface area contributed by atoms with Crippen LogP contribution in [0, 0.1) is 0 Å². The molecule has 2 aromatic rings. The summed E-state index contributed by atoms with van der Waals surface area (Å²) >= 11 is 0. The van der Waals surface area contributed by atoms with Crippen molar-refractivity contribution in [3.05, 3.63) is 47.0 Å². The van der Waals surface area contributed by atoms with E-state index in [0.29, 0.717) is 5.69 Å². The minimum absolute atomic E-state index is 0. The number of nitrogens with zero attached hydrogens (tertiary/aromatic N) is 3. The normalized spacial score (nSPS) is 20.0. The molecular weight excluding hydrogens is 314 g/mol. The van der Waals surface area contributed by atoms with Crippen LogP contribution in [0.25, 0.3) is 0 Å². The number of rotatable bonds is 2. The standard InChI is InChI=1S/C16H19N5O.ClH/c22-16(15-12-10-18-8-5-13(12)19-20-15)21-9-1-2-14(21)11-3-6-17-7-4-11;/h3-4,6-7,14,18H,1-2,5,8-10H2,(H,19,20);1H. The zero-order valence-corrected chi connectivity index (χ0v) is 13.6. The minimum Gasteiger partial charge on any atom is -0.330 e. The lowest BCUT2D eigenvalue weighted by Crippen LogP contribution is -2.32. The van der Waals surface area contributed by atoms with E-state index in [-0.39, 0.29) is 24.4 Å². The quantitative estimate of drug-likeness (QED) is 0.879. The van der Waals surface area contributed by atoms with Gasteiger partial charge in [-0.3, -0.25) is 14.9 Å². The van der Waals surface area contributed by atoms with E-state index in [0.717, 1.165) is 55.7 Å². The highest BCUT2D eigenvalue weighted by atomic mass is 35.5. The number of carbonyl (C=O) groups is 1. The van der Waals surface area contributed by atoms with E-state index >= 15 is 0 Å². The summed E-state index contributed by atoms with van der Waals surface area (Å²) < 4.78 is 0. The Morgan fingerprint density at radius 2 is 2.13 bits per heavy atom. The van der Waals surface area contributed by atoms with Gasteiger partial charge in [-0.25, -0.2) is 0 Å². The largest absolute Gasteiger partial charge is 0.330 e. The maximum absolute atomic E-state index is 13.0. The van der Waals surface area contributed by atoms with Gasteiger partial charge in [0.25, 0.3) is 5.91 Å². The molecule has 4 heterocycles. The molecule has 4 rings (SSSR count). The highest BCUT2D eigenvalue weighted by Crippen LogP contribution is 2.33. The van der Waals surface area contributed by atoms with Crippen molar-refractivity contribution in [3.8, 4) is 0 Å². The summed E-state index contributed by atoms with van der Waals surface area (Å²) in [5.74, 6) is 0.0421. The van der Waals surface area contributed by atoms with E-state index in [1.54, 1.807) is 12.4 Å². The van der Waals surface area contributed by atoms with Crippen molar-refractivity contribution < 1.29 is 4.79 Å². The molecule has 2 aliphatic heterocycles. The number of nitrogens with one attached hydrogen (secondary N) is 2. The van der Waals surface area contributed by atoms with Crippen molar-refractivity contribution in [2.45, 2.75) is 31.8 Å². The van der Waals surface area contributed by atoms with Crippen LogP contribution >= 0.6 is 12.4 Å². The number of likely N-dealkylation sites (tertiary alicyclic amines) is 1. The molecule has 0 bridgehead atoms. The first-order valence-corrected chi connectivity index (χ1v) is 7.82. The SMILES string of the molecule is Cl.O=C(c1n[nH]c2c1CNCC2)N1CCCC1c1ccncc1. The molecule has 0 aliphatic carbocycles. The third-order valence-electron chi connectivity index (χ3n) is 4.61. The first-order chi connectivity index (χ1) is 10.8. The van der Waals surface area contributed by atoms with Gasteiger partial charge in [0.1, 0.15) is 0 Å². The van der Waals surface area contributed by atoms with Gasteiger partial charge in [0.15, 0.2) is 5.69 Å². The van der Waals surface area contributed by atoms with Crippen LogP contribution in [-0.4, -0.2) is 39.1 Å². The first-order valence-electron chi connectivity index (χ1n) is 7.82. The topological polar surface area (TPSA) is 73.9 Å². The number of amides is 1. The second kappa shape index (κ2) is 6.68. The van der Waals surface area contributed by atoms with Gasteiger partial charge in [-0.1, -0.05) is 0 Å². The van der Waals surface area contributed by atoms with Gasteiger partial charge in [-0.2, -0.15) is 5.10 Å². The molecule has 23 heavy (non-hydrogen) atoms. The average Bonchev–Trinajstić information content (AvgIpc) is 3.22. The van der Waals surface area contributed by atoms with Gasteiger partial charge in [-0.15, -0.1) is 12.4 Å². The predicted molar refractivity (Wildman–Crippen MR) is 88.5 cm³/mol. The lowest BCUT2D eigenvalue weighted by molar-refractivity contribution is 0.0728. The number of H-pyrrole nitrogens is 1. The van der Waals surface area contributed by atoms with E-state index < -0.39 is 0 Å². The Bertz CT molecular complexity index is 687. The molecule has 2 N–H and O–H groups in total. The summed E-state index contributed by atoms with van der Waals surface area (Å²) in [6.45, 7) is 2.45. The van der Waals surface area contributed by atoms with Gasteiger partial charge in [0.05, 0.1) is 6.04 Å². The van der Waals surface area contributed by atoms with Crippen LogP contribution in [0.15, 0.2) is 24.5 Å². The third-order valence-corrected chi connectivity index (χ3v) is 4.61. The molecule has 2 aliphatic rings. The van der Waals surface area contributed by atoms with Crippen LogP contribution in [0.1, 0.15) is 46.2 Å². The van der Waals surface area contributed by atoms with Gasteiger partial charge in [0.2, 0.25) is 0 Å². The van der Waals surface area contributed by atoms with Crippen molar-refractivity contribution in [1.29, 1.82) is 0 Å². The lowest BCUT2D eigenvalue weighted by Gasteiger charge is -2.25. The summed E-state index contributed by atoms with van der Waals surface area (Å²) in [6, 6.07) is 4.13. The highest BCUT2D eigenvalue weighted by Gasteiger charge is 2.33. The smallest absolute Gasteiger partial charge is 0.275 e. The maximum Gasteiger partial charge on any atom is 0.275 e. The second-order valence-corrected chi connectivity index (χ2v) is 5.89. The summed E-state index contributed by atoms with van der Waals surface area (Å²) in [6.07, 6.45) is 6.51. The Hall–Kier alpha value is -1.92. The number of carbonyl (C=O) groups excluding carboxylic acids is 1. The minimum atomic E-state index is 0. The van der Waals surface area contributed by atoms with E-state index in [1.807, 2.05) is 17.0 Å². The molecule has 0 saturated carbocycles. The lowest BCUT2D eigenvalue weighted by atomic mass is 10.0. The van der Waals surface area contributed by atoms with Crippen LogP contribution in [0.4, 0.5) is 0 Å². The number of fused-ring (bicyclic) bond motifs is 1. The van der Waals surface area contributed by atoms with Crippen LogP contribution < -0.4 is 5.32 Å². The number of hydrogen-bond donors (Lipinski definition) is 2. The molecule has 1 amide bonds. The molecule has 1 saturated heterocycles. The Balaban J connectivity index is 0.00000156. The van der Waals surface area contributed by atoms with Gasteiger partial charge < -0.3 is 10.2 Å².